The molecule has 0 saturated heterocycles. The van der Waals surface area contributed by atoms with Gasteiger partial charge in [-0.15, -0.1) is 0 Å². The summed E-state index contributed by atoms with van der Waals surface area (Å²) in [6.45, 7) is 2.21. The molecule has 0 radical (unpaired) electrons. The molecule has 0 fully saturated rings. The molecule has 0 aromatic heterocycles. The smallest absolute Gasteiger partial charge is 0.125 e. The van der Waals surface area contributed by atoms with Crippen molar-refractivity contribution in [3.8, 4) is 5.75 Å². The van der Waals surface area contributed by atoms with E-state index in [1.807, 2.05) is 31.2 Å². The van der Waals surface area contributed by atoms with Crippen molar-refractivity contribution in [2.45, 2.75) is 19.6 Å². The van der Waals surface area contributed by atoms with Gasteiger partial charge >= 0.3 is 0 Å². The average Bonchev–Trinajstić information content (AvgIpc) is 2.36. The monoisotopic (exact) mass is 323 g/mol. The number of hydrogen-bond acceptors (Lipinski definition) is 2. The maximum atomic E-state index is 13.1. The largest absolute Gasteiger partial charge is 0.489 e. The third kappa shape index (κ3) is 3.78. The van der Waals surface area contributed by atoms with Crippen LogP contribution in [0.2, 0.25) is 0 Å². The number of halogens is 2. The summed E-state index contributed by atoms with van der Waals surface area (Å²) in [5.74, 6) is 0.455. The quantitative estimate of drug-likeness (QED) is 0.915. The van der Waals surface area contributed by atoms with E-state index in [1.165, 1.54) is 12.1 Å². The van der Waals surface area contributed by atoms with Crippen LogP contribution < -0.4 is 10.5 Å². The highest BCUT2D eigenvalue weighted by molar-refractivity contribution is 9.10. The molecule has 0 aliphatic carbocycles. The van der Waals surface area contributed by atoms with Crippen molar-refractivity contribution in [1.82, 2.24) is 0 Å². The topological polar surface area (TPSA) is 35.2 Å². The zero-order valence-electron chi connectivity index (χ0n) is 10.6. The Labute approximate surface area is 120 Å². The van der Waals surface area contributed by atoms with E-state index in [4.69, 9.17) is 10.5 Å². The first-order valence-electron chi connectivity index (χ1n) is 5.98. The second-order valence-electron chi connectivity index (χ2n) is 4.39. The van der Waals surface area contributed by atoms with Crippen molar-refractivity contribution in [3.63, 3.8) is 0 Å². The normalized spacial score (nSPS) is 12.2. The van der Waals surface area contributed by atoms with E-state index in [0.717, 1.165) is 15.6 Å². The Kier molecular flexibility index (Phi) is 4.56. The number of rotatable bonds is 4. The lowest BCUT2D eigenvalue weighted by molar-refractivity contribution is 0.300. The van der Waals surface area contributed by atoms with Gasteiger partial charge < -0.3 is 10.5 Å². The maximum Gasteiger partial charge on any atom is 0.125 e. The Hall–Kier alpha value is -1.39. The Morgan fingerprint density at radius 3 is 2.74 bits per heavy atom. The molecule has 1 atom stereocenters. The van der Waals surface area contributed by atoms with Crippen LogP contribution in [-0.2, 0) is 6.61 Å². The highest BCUT2D eigenvalue weighted by Crippen LogP contribution is 2.28. The molecule has 2 N–H and O–H groups in total. The van der Waals surface area contributed by atoms with Crippen molar-refractivity contribution in [2.24, 2.45) is 5.73 Å². The van der Waals surface area contributed by atoms with Crippen molar-refractivity contribution in [2.75, 3.05) is 0 Å². The van der Waals surface area contributed by atoms with Gasteiger partial charge in [0.2, 0.25) is 0 Å². The predicted octanol–water partition coefficient (Wildman–Crippen LogP) is 4.19. The third-order valence-electron chi connectivity index (χ3n) is 2.75. The van der Waals surface area contributed by atoms with E-state index >= 15 is 0 Å². The third-order valence-corrected chi connectivity index (χ3v) is 3.24. The van der Waals surface area contributed by atoms with Gasteiger partial charge in [0.15, 0.2) is 0 Å². The number of nitrogens with two attached hydrogens (primary N) is 1. The molecule has 0 bridgehead atoms. The minimum absolute atomic E-state index is 0.115. The highest BCUT2D eigenvalue weighted by atomic mass is 79.9. The first-order chi connectivity index (χ1) is 9.06. The van der Waals surface area contributed by atoms with Crippen LogP contribution in [0.25, 0.3) is 0 Å². The van der Waals surface area contributed by atoms with Gasteiger partial charge in [0.05, 0.1) is 0 Å². The molecule has 0 unspecified atom stereocenters. The van der Waals surface area contributed by atoms with Crippen LogP contribution in [0.3, 0.4) is 0 Å². The van der Waals surface area contributed by atoms with Gasteiger partial charge in [0, 0.05) is 16.1 Å². The fourth-order valence-electron chi connectivity index (χ4n) is 1.80. The van der Waals surface area contributed by atoms with Crippen molar-refractivity contribution in [3.05, 3.63) is 63.9 Å². The van der Waals surface area contributed by atoms with Crippen LogP contribution in [0.1, 0.15) is 24.1 Å². The zero-order valence-corrected chi connectivity index (χ0v) is 12.2. The van der Waals surface area contributed by atoms with Crippen LogP contribution >= 0.6 is 15.9 Å². The maximum absolute atomic E-state index is 13.1. The van der Waals surface area contributed by atoms with Crippen LogP contribution in [-0.4, -0.2) is 0 Å². The number of benzene rings is 2. The van der Waals surface area contributed by atoms with E-state index in [0.29, 0.717) is 12.4 Å². The molecular formula is C15H15BrFNO. The standard InChI is InChI=1S/C15H15BrFNO/c1-10(18)14-6-5-12(16)8-15(14)19-9-11-3-2-4-13(17)7-11/h2-8,10H,9,18H2,1H3/t10-/m1/s1. The lowest BCUT2D eigenvalue weighted by Gasteiger charge is -2.14. The fourth-order valence-corrected chi connectivity index (χ4v) is 2.14. The molecule has 0 saturated carbocycles. The van der Waals surface area contributed by atoms with E-state index in [2.05, 4.69) is 15.9 Å². The summed E-state index contributed by atoms with van der Waals surface area (Å²) in [4.78, 5) is 0. The van der Waals surface area contributed by atoms with Crippen molar-refractivity contribution in [1.29, 1.82) is 0 Å². The first kappa shape index (κ1) is 14.0. The molecule has 0 amide bonds. The SMILES string of the molecule is C[C@@H](N)c1ccc(Br)cc1OCc1cccc(F)c1. The summed E-state index contributed by atoms with van der Waals surface area (Å²) in [7, 11) is 0. The van der Waals surface area contributed by atoms with E-state index < -0.39 is 0 Å². The summed E-state index contributed by atoms with van der Waals surface area (Å²) in [5.41, 5.74) is 7.62. The Bertz CT molecular complexity index is 572. The Balaban J connectivity index is 2.17. The van der Waals surface area contributed by atoms with E-state index in [1.54, 1.807) is 6.07 Å². The zero-order chi connectivity index (χ0) is 13.8. The number of hydrogen-bond donors (Lipinski definition) is 1. The summed E-state index contributed by atoms with van der Waals surface area (Å²) >= 11 is 3.40. The van der Waals surface area contributed by atoms with Gasteiger partial charge in [-0.25, -0.2) is 4.39 Å². The predicted molar refractivity (Wildman–Crippen MR) is 77.5 cm³/mol. The molecule has 0 aliphatic rings. The molecule has 2 aromatic carbocycles. The van der Waals surface area contributed by atoms with Gasteiger partial charge in [-0.05, 0) is 36.8 Å². The van der Waals surface area contributed by atoms with Gasteiger partial charge in [-0.3, -0.25) is 0 Å². The molecular weight excluding hydrogens is 309 g/mol. The second-order valence-corrected chi connectivity index (χ2v) is 5.31. The lowest BCUT2D eigenvalue weighted by Crippen LogP contribution is -2.08. The molecule has 100 valence electrons. The van der Waals surface area contributed by atoms with E-state index in [-0.39, 0.29) is 11.9 Å². The molecule has 4 heteroatoms. The van der Waals surface area contributed by atoms with Crippen molar-refractivity contribution >= 4 is 15.9 Å². The molecule has 19 heavy (non-hydrogen) atoms. The molecule has 2 nitrogen and oxygen atoms in total. The van der Waals surface area contributed by atoms with E-state index in [9.17, 15) is 4.39 Å². The lowest BCUT2D eigenvalue weighted by atomic mass is 10.1. The molecule has 0 spiro atoms. The number of ether oxygens (including phenoxy) is 1. The summed E-state index contributed by atoms with van der Waals surface area (Å²) in [6.07, 6.45) is 0. The molecule has 2 rings (SSSR count). The minimum Gasteiger partial charge on any atom is -0.489 e. The minimum atomic E-state index is -0.261. The summed E-state index contributed by atoms with van der Waals surface area (Å²) in [6, 6.07) is 12.0. The van der Waals surface area contributed by atoms with Gasteiger partial charge in [0.1, 0.15) is 18.2 Å². The van der Waals surface area contributed by atoms with Crippen LogP contribution in [0.5, 0.6) is 5.75 Å². The summed E-state index contributed by atoms with van der Waals surface area (Å²) < 4.78 is 19.7. The molecule has 0 aliphatic heterocycles. The van der Waals surface area contributed by atoms with Gasteiger partial charge in [-0.2, -0.15) is 0 Å². The van der Waals surface area contributed by atoms with Crippen LogP contribution in [0.15, 0.2) is 46.9 Å². The van der Waals surface area contributed by atoms with Gasteiger partial charge in [-0.1, -0.05) is 34.1 Å². The second kappa shape index (κ2) is 6.17. The van der Waals surface area contributed by atoms with Gasteiger partial charge in [0.25, 0.3) is 0 Å². The van der Waals surface area contributed by atoms with Crippen LogP contribution in [0, 0.1) is 5.82 Å². The Morgan fingerprint density at radius 1 is 1.26 bits per heavy atom. The fraction of sp³-hybridized carbons (Fsp3) is 0.200. The highest BCUT2D eigenvalue weighted by Gasteiger charge is 2.09. The van der Waals surface area contributed by atoms with Crippen LogP contribution in [0.4, 0.5) is 4.39 Å². The molecule has 0 heterocycles. The Morgan fingerprint density at radius 2 is 2.05 bits per heavy atom. The van der Waals surface area contributed by atoms with Crippen molar-refractivity contribution < 1.29 is 9.13 Å². The first-order valence-corrected chi connectivity index (χ1v) is 6.78. The molecule has 2 aromatic rings. The average molecular weight is 324 g/mol. The summed E-state index contributed by atoms with van der Waals surface area (Å²) in [5, 5.41) is 0.